The average molecular weight is 232 g/mol. The molecule has 0 amide bonds. The van der Waals surface area contributed by atoms with E-state index in [0.717, 1.165) is 26.2 Å². The first-order valence-corrected chi connectivity index (χ1v) is 6.65. The Labute approximate surface area is 105 Å². The molecule has 1 aliphatic heterocycles. The quantitative estimate of drug-likeness (QED) is 0.861. The van der Waals surface area contributed by atoms with Gasteiger partial charge in [-0.05, 0) is 31.4 Å². The van der Waals surface area contributed by atoms with E-state index in [0.29, 0.717) is 5.54 Å². The molecule has 1 saturated heterocycles. The molecule has 1 atom stereocenters. The van der Waals surface area contributed by atoms with Crippen LogP contribution in [-0.2, 0) is 6.54 Å². The van der Waals surface area contributed by atoms with E-state index in [1.54, 1.807) is 0 Å². The van der Waals surface area contributed by atoms with Gasteiger partial charge in [0.15, 0.2) is 0 Å². The summed E-state index contributed by atoms with van der Waals surface area (Å²) in [6.45, 7) is 11.3. The molecule has 0 bridgehead atoms. The number of piperazine rings is 1. The number of nitrogens with one attached hydrogen (secondary N) is 1. The normalized spacial score (nSPS) is 26.1. The molecule has 1 heterocycles. The summed E-state index contributed by atoms with van der Waals surface area (Å²) in [6.07, 6.45) is 1.19. The lowest BCUT2D eigenvalue weighted by Gasteiger charge is -2.41. The average Bonchev–Trinajstić information content (AvgIpc) is 2.32. The van der Waals surface area contributed by atoms with E-state index in [2.05, 4.69) is 55.3 Å². The van der Waals surface area contributed by atoms with Crippen LogP contribution in [0.15, 0.2) is 24.3 Å². The van der Waals surface area contributed by atoms with E-state index in [1.807, 2.05) is 0 Å². The molecule has 2 rings (SSSR count). The molecule has 0 radical (unpaired) electrons. The number of hydrogen-bond acceptors (Lipinski definition) is 2. The molecule has 1 aromatic rings. The molecular weight excluding hydrogens is 208 g/mol. The minimum atomic E-state index is 0.293. The van der Waals surface area contributed by atoms with E-state index in [-0.39, 0.29) is 0 Å². The summed E-state index contributed by atoms with van der Waals surface area (Å²) >= 11 is 0. The van der Waals surface area contributed by atoms with Gasteiger partial charge in [-0.15, -0.1) is 0 Å². The van der Waals surface area contributed by atoms with E-state index in [4.69, 9.17) is 0 Å². The molecule has 2 nitrogen and oxygen atoms in total. The van der Waals surface area contributed by atoms with Gasteiger partial charge in [-0.3, -0.25) is 4.90 Å². The minimum absolute atomic E-state index is 0.293. The van der Waals surface area contributed by atoms with Crippen molar-refractivity contribution in [2.75, 3.05) is 19.6 Å². The Morgan fingerprint density at radius 3 is 2.82 bits per heavy atom. The lowest BCUT2D eigenvalue weighted by Crippen LogP contribution is -2.58. The van der Waals surface area contributed by atoms with Crippen LogP contribution in [0, 0.1) is 6.92 Å². The van der Waals surface area contributed by atoms with Gasteiger partial charge in [0.2, 0.25) is 0 Å². The van der Waals surface area contributed by atoms with Crippen molar-refractivity contribution < 1.29 is 0 Å². The van der Waals surface area contributed by atoms with Gasteiger partial charge in [-0.25, -0.2) is 0 Å². The van der Waals surface area contributed by atoms with Crippen LogP contribution in [-0.4, -0.2) is 30.1 Å². The largest absolute Gasteiger partial charge is 0.309 e. The molecule has 2 heteroatoms. The van der Waals surface area contributed by atoms with Crippen LogP contribution in [0.1, 0.15) is 31.4 Å². The molecule has 17 heavy (non-hydrogen) atoms. The second-order valence-corrected chi connectivity index (χ2v) is 5.48. The number of hydrogen-bond donors (Lipinski definition) is 1. The molecule has 1 unspecified atom stereocenters. The Hall–Kier alpha value is -0.860. The van der Waals surface area contributed by atoms with Gasteiger partial charge < -0.3 is 5.32 Å². The van der Waals surface area contributed by atoms with Gasteiger partial charge in [-0.1, -0.05) is 31.2 Å². The fraction of sp³-hybridized carbons (Fsp3) is 0.600. The highest BCUT2D eigenvalue weighted by Crippen LogP contribution is 2.18. The number of nitrogens with zero attached hydrogens (tertiary/aromatic N) is 1. The summed E-state index contributed by atoms with van der Waals surface area (Å²) in [5.74, 6) is 0. The van der Waals surface area contributed by atoms with Crippen LogP contribution in [0.3, 0.4) is 0 Å². The first kappa shape index (κ1) is 12.6. The fourth-order valence-corrected chi connectivity index (χ4v) is 2.54. The van der Waals surface area contributed by atoms with Crippen LogP contribution in [0.4, 0.5) is 0 Å². The van der Waals surface area contributed by atoms with E-state index in [1.165, 1.54) is 17.5 Å². The van der Waals surface area contributed by atoms with Crippen LogP contribution in [0.5, 0.6) is 0 Å². The van der Waals surface area contributed by atoms with E-state index >= 15 is 0 Å². The SMILES string of the molecule is CCC1(C)CN(Cc2ccccc2C)CCN1. The second kappa shape index (κ2) is 5.19. The zero-order chi connectivity index (χ0) is 12.3. The maximum absolute atomic E-state index is 3.63. The van der Waals surface area contributed by atoms with Crippen molar-refractivity contribution in [3.63, 3.8) is 0 Å². The van der Waals surface area contributed by atoms with Gasteiger partial charge in [0.25, 0.3) is 0 Å². The molecule has 1 aliphatic rings. The Morgan fingerprint density at radius 2 is 2.12 bits per heavy atom. The Morgan fingerprint density at radius 1 is 1.35 bits per heavy atom. The summed E-state index contributed by atoms with van der Waals surface area (Å²) in [6, 6.07) is 8.72. The first-order chi connectivity index (χ1) is 8.13. The van der Waals surface area contributed by atoms with E-state index in [9.17, 15) is 0 Å². The summed E-state index contributed by atoms with van der Waals surface area (Å²) in [7, 11) is 0. The van der Waals surface area contributed by atoms with Crippen LogP contribution >= 0.6 is 0 Å². The predicted octanol–water partition coefficient (Wildman–Crippen LogP) is 2.57. The molecule has 0 aromatic heterocycles. The van der Waals surface area contributed by atoms with Crippen molar-refractivity contribution in [3.8, 4) is 0 Å². The monoisotopic (exact) mass is 232 g/mol. The topological polar surface area (TPSA) is 15.3 Å². The van der Waals surface area contributed by atoms with Crippen molar-refractivity contribution in [1.82, 2.24) is 10.2 Å². The lowest BCUT2D eigenvalue weighted by molar-refractivity contribution is 0.133. The Kier molecular flexibility index (Phi) is 3.85. The van der Waals surface area contributed by atoms with Crippen molar-refractivity contribution in [3.05, 3.63) is 35.4 Å². The summed E-state index contributed by atoms with van der Waals surface area (Å²) < 4.78 is 0. The van der Waals surface area contributed by atoms with Gasteiger partial charge in [0.05, 0.1) is 0 Å². The molecule has 0 saturated carbocycles. The summed E-state index contributed by atoms with van der Waals surface area (Å²) in [4.78, 5) is 2.57. The highest BCUT2D eigenvalue weighted by Gasteiger charge is 2.28. The van der Waals surface area contributed by atoms with Crippen molar-refractivity contribution in [2.24, 2.45) is 0 Å². The smallest absolute Gasteiger partial charge is 0.0278 e. The third kappa shape index (κ3) is 3.08. The molecule has 1 N–H and O–H groups in total. The first-order valence-electron chi connectivity index (χ1n) is 6.65. The lowest BCUT2D eigenvalue weighted by atomic mass is 9.95. The number of rotatable bonds is 3. The molecular formula is C15H24N2. The Balaban J connectivity index is 2.02. The van der Waals surface area contributed by atoms with Gasteiger partial charge in [0, 0.05) is 31.7 Å². The van der Waals surface area contributed by atoms with Crippen molar-refractivity contribution >= 4 is 0 Å². The zero-order valence-corrected chi connectivity index (χ0v) is 11.3. The van der Waals surface area contributed by atoms with Crippen LogP contribution in [0.25, 0.3) is 0 Å². The van der Waals surface area contributed by atoms with Crippen molar-refractivity contribution in [2.45, 2.75) is 39.3 Å². The molecule has 0 aliphatic carbocycles. The standard InChI is InChI=1S/C15H24N2/c1-4-15(3)12-17(10-9-16-15)11-14-8-6-5-7-13(14)2/h5-8,16H,4,9-12H2,1-3H3. The van der Waals surface area contributed by atoms with Gasteiger partial charge in [0.1, 0.15) is 0 Å². The highest BCUT2D eigenvalue weighted by molar-refractivity contribution is 5.25. The predicted molar refractivity (Wildman–Crippen MR) is 73.2 cm³/mol. The van der Waals surface area contributed by atoms with E-state index < -0.39 is 0 Å². The molecule has 1 aromatic carbocycles. The van der Waals surface area contributed by atoms with Crippen molar-refractivity contribution in [1.29, 1.82) is 0 Å². The molecule has 1 fully saturated rings. The fourth-order valence-electron chi connectivity index (χ4n) is 2.54. The maximum Gasteiger partial charge on any atom is 0.0278 e. The van der Waals surface area contributed by atoms with Crippen LogP contribution < -0.4 is 5.32 Å². The third-order valence-electron chi connectivity index (χ3n) is 3.99. The number of benzene rings is 1. The highest BCUT2D eigenvalue weighted by atomic mass is 15.2. The van der Waals surface area contributed by atoms with Crippen LogP contribution in [0.2, 0.25) is 0 Å². The zero-order valence-electron chi connectivity index (χ0n) is 11.3. The summed E-state index contributed by atoms with van der Waals surface area (Å²) in [5.41, 5.74) is 3.16. The van der Waals surface area contributed by atoms with Gasteiger partial charge >= 0.3 is 0 Å². The Bertz CT molecular complexity index is 375. The second-order valence-electron chi connectivity index (χ2n) is 5.48. The third-order valence-corrected chi connectivity index (χ3v) is 3.99. The molecule has 94 valence electrons. The summed E-state index contributed by atoms with van der Waals surface area (Å²) in [5, 5.41) is 3.63. The minimum Gasteiger partial charge on any atom is -0.309 e. The maximum atomic E-state index is 3.63. The molecule has 0 spiro atoms. The van der Waals surface area contributed by atoms with Gasteiger partial charge in [-0.2, -0.15) is 0 Å². The number of aryl methyl sites for hydroxylation is 1.